The zero-order valence-corrected chi connectivity index (χ0v) is 38.9. The quantitative estimate of drug-likeness (QED) is 0.0229. The average Bonchev–Trinajstić information content (AvgIpc) is 3.98. The largest absolute Gasteiger partial charge is 0.462 e. The van der Waals surface area contributed by atoms with E-state index in [1.807, 2.05) is 19.9 Å². The lowest BCUT2D eigenvalue weighted by atomic mass is 10.3. The van der Waals surface area contributed by atoms with Crippen LogP contribution >= 0.6 is 47.0 Å². The van der Waals surface area contributed by atoms with Crippen LogP contribution in [-0.2, 0) is 66.8 Å². The number of nitriles is 1. The highest BCUT2D eigenvalue weighted by molar-refractivity contribution is 8.26. The van der Waals surface area contributed by atoms with E-state index in [1.165, 1.54) is 10.0 Å². The second-order valence-corrected chi connectivity index (χ2v) is 17.8. The Kier molecular flexibility index (Phi) is 20.5. The number of hydrogen-bond donors (Lipinski definition) is 0. The summed E-state index contributed by atoms with van der Waals surface area (Å²) in [6.45, 7) is 11.4. The Balaban J connectivity index is 1.77. The minimum absolute atomic E-state index is 0.0572. The molecule has 19 nitrogen and oxygen atoms in total. The Morgan fingerprint density at radius 1 is 0.600 bits per heavy atom. The highest BCUT2D eigenvalue weighted by Gasteiger charge is 2.46. The standard InChI is InChI=1S/C42H45N3O16S4/c1-6-11-17-44-38(52)31(39(53)45(44)18-12-7-2)42-64-36-32(60-29(50)15-13-27(48)58-21-19-56-25(46)8-3)34-35(63-41(62-34)24(23-43)40(54)55-10-5)33(37(36)65-42)61-30(51)16-14-28(49)59-22-20-57-26(47)9-4/h8-9H,3-4,6-7,10-22H2,1-2,5H3. The van der Waals surface area contributed by atoms with Crippen molar-refractivity contribution in [3.8, 4) is 17.6 Å². The molecule has 0 radical (unpaired) electrons. The summed E-state index contributed by atoms with van der Waals surface area (Å²) >= 11 is 3.47. The molecule has 0 aromatic heterocycles. The Hall–Kier alpha value is -5.70. The molecule has 1 saturated heterocycles. The van der Waals surface area contributed by atoms with Gasteiger partial charge in [-0.1, -0.05) is 86.9 Å². The van der Waals surface area contributed by atoms with Crippen LogP contribution in [0.5, 0.6) is 11.5 Å². The van der Waals surface area contributed by atoms with E-state index in [0.717, 1.165) is 72.0 Å². The first-order valence-corrected chi connectivity index (χ1v) is 23.4. The average molecular weight is 976 g/mol. The Morgan fingerprint density at radius 3 is 1.38 bits per heavy atom. The van der Waals surface area contributed by atoms with Gasteiger partial charge in [0.1, 0.15) is 38.1 Å². The maximum atomic E-state index is 14.1. The lowest BCUT2D eigenvalue weighted by Gasteiger charge is -2.27. The van der Waals surface area contributed by atoms with Crippen LogP contribution in [0, 0.1) is 11.3 Å². The SMILES string of the molecule is C=CC(=O)OCCOC(=O)CCC(=O)Oc1c2c(c(OC(=O)CCC(=O)OCCOC(=O)C=C)c3c1SC(=C1C(=O)N(CCCC)N(CCCC)C1=O)S3)SC(=C(C#N)C(=O)OCC)S2. The van der Waals surface area contributed by atoms with Crippen molar-refractivity contribution in [1.29, 1.82) is 5.26 Å². The van der Waals surface area contributed by atoms with Gasteiger partial charge in [-0.3, -0.25) is 28.8 Å². The van der Waals surface area contributed by atoms with Crippen LogP contribution in [0.4, 0.5) is 0 Å². The number of carbonyl (C=O) groups is 9. The molecule has 1 aromatic carbocycles. The van der Waals surface area contributed by atoms with Gasteiger partial charge in [0, 0.05) is 25.2 Å². The highest BCUT2D eigenvalue weighted by Crippen LogP contribution is 2.68. The van der Waals surface area contributed by atoms with E-state index in [9.17, 15) is 48.4 Å². The van der Waals surface area contributed by atoms with Gasteiger partial charge in [0.05, 0.1) is 60.3 Å². The van der Waals surface area contributed by atoms with Crippen LogP contribution in [0.3, 0.4) is 0 Å². The van der Waals surface area contributed by atoms with E-state index in [4.69, 9.17) is 33.2 Å². The number of fused-ring (bicyclic) bond motifs is 2. The molecule has 0 saturated carbocycles. The van der Waals surface area contributed by atoms with Gasteiger partial charge in [-0.25, -0.2) is 24.4 Å². The third-order valence-electron chi connectivity index (χ3n) is 8.66. The molecule has 1 aromatic rings. The number of benzene rings is 1. The molecule has 3 aliphatic heterocycles. The van der Waals surface area contributed by atoms with Crippen LogP contribution in [0.1, 0.15) is 72.1 Å². The smallest absolute Gasteiger partial charge is 0.350 e. The molecule has 0 aliphatic carbocycles. The summed E-state index contributed by atoms with van der Waals surface area (Å²) in [5.74, 6) is -7.27. The molecule has 0 spiro atoms. The molecule has 0 N–H and O–H groups in total. The summed E-state index contributed by atoms with van der Waals surface area (Å²) in [6.07, 6.45) is 2.69. The number of nitrogens with zero attached hydrogens (tertiary/aromatic N) is 3. The maximum absolute atomic E-state index is 14.1. The normalized spacial score (nSPS) is 13.7. The summed E-state index contributed by atoms with van der Waals surface area (Å²) in [7, 11) is 0. The lowest BCUT2D eigenvalue weighted by Crippen LogP contribution is -2.42. The van der Waals surface area contributed by atoms with Gasteiger partial charge in [-0.15, -0.1) is 0 Å². The number of unbranched alkanes of at least 4 members (excludes halogenated alkanes) is 2. The van der Waals surface area contributed by atoms with Crippen molar-refractivity contribution in [1.82, 2.24) is 10.0 Å². The molecule has 0 atom stereocenters. The molecule has 65 heavy (non-hydrogen) atoms. The zero-order valence-electron chi connectivity index (χ0n) is 35.7. The minimum atomic E-state index is -0.952. The van der Waals surface area contributed by atoms with Crippen molar-refractivity contribution >= 4 is 101 Å². The monoisotopic (exact) mass is 975 g/mol. The topological polar surface area (TPSA) is 249 Å². The number of ether oxygens (including phenoxy) is 7. The van der Waals surface area contributed by atoms with Gasteiger partial charge < -0.3 is 33.2 Å². The third kappa shape index (κ3) is 13.9. The number of hydrazine groups is 1. The van der Waals surface area contributed by atoms with Crippen LogP contribution in [0.15, 0.2) is 64.5 Å². The van der Waals surface area contributed by atoms with Gasteiger partial charge in [0.2, 0.25) is 0 Å². The first-order valence-electron chi connectivity index (χ1n) is 20.2. The van der Waals surface area contributed by atoms with Crippen molar-refractivity contribution < 1.29 is 76.3 Å². The summed E-state index contributed by atoms with van der Waals surface area (Å²) in [6, 6.07) is 1.84. The number of rotatable bonds is 24. The van der Waals surface area contributed by atoms with Crippen molar-refractivity contribution in [3.05, 3.63) is 44.9 Å². The van der Waals surface area contributed by atoms with Gasteiger partial charge in [0.25, 0.3) is 11.8 Å². The molecule has 0 bridgehead atoms. The molecule has 2 amide bonds. The van der Waals surface area contributed by atoms with Crippen molar-refractivity contribution in [2.75, 3.05) is 46.1 Å². The number of esters is 7. The molecule has 3 aliphatic rings. The molecule has 23 heteroatoms. The molecule has 348 valence electrons. The van der Waals surface area contributed by atoms with E-state index in [2.05, 4.69) is 13.2 Å². The molecular formula is C42H45N3O16S4. The summed E-state index contributed by atoms with van der Waals surface area (Å²) in [5, 5.41) is 12.9. The molecule has 1 fully saturated rings. The number of carbonyl (C=O) groups excluding carboxylic acids is 9. The molecule has 0 unspecified atom stereocenters. The van der Waals surface area contributed by atoms with Gasteiger partial charge in [-0.05, 0) is 19.8 Å². The van der Waals surface area contributed by atoms with E-state index in [0.29, 0.717) is 12.8 Å². The van der Waals surface area contributed by atoms with Crippen LogP contribution in [0.25, 0.3) is 0 Å². The van der Waals surface area contributed by atoms with Gasteiger partial charge in [0.15, 0.2) is 17.1 Å². The number of thioether (sulfide) groups is 4. The van der Waals surface area contributed by atoms with Crippen molar-refractivity contribution in [3.63, 3.8) is 0 Å². The first kappa shape index (κ1) is 51.9. The van der Waals surface area contributed by atoms with Crippen molar-refractivity contribution in [2.24, 2.45) is 0 Å². The lowest BCUT2D eigenvalue weighted by molar-refractivity contribution is -0.151. The number of hydrogen-bond acceptors (Lipinski definition) is 21. The van der Waals surface area contributed by atoms with Crippen molar-refractivity contribution in [2.45, 2.75) is 91.7 Å². The summed E-state index contributed by atoms with van der Waals surface area (Å²) in [5.41, 5.74) is -0.559. The minimum Gasteiger partial charge on any atom is -0.462 e. The van der Waals surface area contributed by atoms with E-state index in [-0.39, 0.29) is 91.3 Å². The fourth-order valence-electron chi connectivity index (χ4n) is 5.57. The Morgan fingerprint density at radius 2 is 1.00 bits per heavy atom. The van der Waals surface area contributed by atoms with Crippen LogP contribution in [-0.4, -0.2) is 110 Å². The fraction of sp³-hybridized carbons (Fsp3) is 0.429. The second-order valence-electron chi connectivity index (χ2n) is 13.2. The molecular weight excluding hydrogens is 931 g/mol. The summed E-state index contributed by atoms with van der Waals surface area (Å²) < 4.78 is 36.9. The maximum Gasteiger partial charge on any atom is 0.350 e. The van der Waals surface area contributed by atoms with Crippen LogP contribution < -0.4 is 9.47 Å². The molecule has 3 heterocycles. The zero-order chi connectivity index (χ0) is 47.6. The van der Waals surface area contributed by atoms with E-state index >= 15 is 0 Å². The Labute approximate surface area is 390 Å². The fourth-order valence-corrected chi connectivity index (χ4v) is 11.0. The molecule has 4 rings (SSSR count). The van der Waals surface area contributed by atoms with Gasteiger partial charge in [-0.2, -0.15) is 5.26 Å². The van der Waals surface area contributed by atoms with Crippen LogP contribution in [0.2, 0.25) is 0 Å². The van der Waals surface area contributed by atoms with E-state index < -0.39 is 84.9 Å². The Bertz CT molecular complexity index is 2100. The second kappa shape index (κ2) is 25.7. The third-order valence-corrected chi connectivity index (χ3v) is 13.9. The predicted molar refractivity (Wildman–Crippen MR) is 233 cm³/mol. The highest BCUT2D eigenvalue weighted by atomic mass is 32.2. The predicted octanol–water partition coefficient (Wildman–Crippen LogP) is 5.69. The number of amides is 2. The van der Waals surface area contributed by atoms with Gasteiger partial charge >= 0.3 is 41.8 Å². The van der Waals surface area contributed by atoms with E-state index in [1.54, 1.807) is 6.92 Å². The summed E-state index contributed by atoms with van der Waals surface area (Å²) in [4.78, 5) is 116. The first-order chi connectivity index (χ1) is 31.2.